The SMILES string of the molecule is CN=C(NCCCC(=O)N1Cc2ccccc2C1)NCC(c1cccs1)N1CCCC1.I. The molecule has 1 fully saturated rings. The zero-order valence-corrected chi connectivity index (χ0v) is 21.9. The van der Waals surface area contributed by atoms with Crippen molar-refractivity contribution >= 4 is 47.2 Å². The first kappa shape index (κ1) is 25.0. The predicted molar refractivity (Wildman–Crippen MR) is 143 cm³/mol. The Morgan fingerprint density at radius 2 is 1.81 bits per heavy atom. The molecule has 1 aromatic carbocycles. The lowest BCUT2D eigenvalue weighted by molar-refractivity contribution is -0.131. The highest BCUT2D eigenvalue weighted by Gasteiger charge is 2.25. The number of nitrogens with zero attached hydrogens (tertiary/aromatic N) is 3. The number of amides is 1. The quantitative estimate of drug-likeness (QED) is 0.219. The van der Waals surface area contributed by atoms with Gasteiger partial charge in [-0.2, -0.15) is 0 Å². The fourth-order valence-electron chi connectivity index (χ4n) is 4.47. The highest BCUT2D eigenvalue weighted by Crippen LogP contribution is 2.27. The van der Waals surface area contributed by atoms with Gasteiger partial charge >= 0.3 is 0 Å². The molecule has 3 heterocycles. The Kier molecular flexibility index (Phi) is 9.80. The summed E-state index contributed by atoms with van der Waals surface area (Å²) in [6, 6.07) is 13.1. The Bertz CT molecular complexity index is 857. The van der Waals surface area contributed by atoms with E-state index in [0.717, 1.165) is 38.6 Å². The van der Waals surface area contributed by atoms with E-state index in [1.807, 2.05) is 28.4 Å². The van der Waals surface area contributed by atoms with Crippen molar-refractivity contribution in [3.63, 3.8) is 0 Å². The van der Waals surface area contributed by atoms with Gasteiger partial charge in [-0.15, -0.1) is 35.3 Å². The molecule has 0 spiro atoms. The summed E-state index contributed by atoms with van der Waals surface area (Å²) in [6.45, 7) is 5.39. The molecule has 2 aliphatic heterocycles. The lowest BCUT2D eigenvalue weighted by atomic mass is 10.1. The molecule has 0 aliphatic carbocycles. The number of fused-ring (bicyclic) bond motifs is 1. The van der Waals surface area contributed by atoms with Crippen LogP contribution in [0.4, 0.5) is 0 Å². The molecule has 32 heavy (non-hydrogen) atoms. The van der Waals surface area contributed by atoms with E-state index in [1.165, 1.54) is 41.9 Å². The van der Waals surface area contributed by atoms with E-state index in [4.69, 9.17) is 0 Å². The highest BCUT2D eigenvalue weighted by molar-refractivity contribution is 14.0. The molecule has 6 nitrogen and oxygen atoms in total. The van der Waals surface area contributed by atoms with E-state index in [1.54, 1.807) is 7.05 Å². The van der Waals surface area contributed by atoms with E-state index in [0.29, 0.717) is 12.5 Å². The smallest absolute Gasteiger partial charge is 0.223 e. The molecule has 2 N–H and O–H groups in total. The van der Waals surface area contributed by atoms with Crippen molar-refractivity contribution in [3.05, 3.63) is 57.8 Å². The summed E-state index contributed by atoms with van der Waals surface area (Å²) in [4.78, 5) is 22.9. The zero-order chi connectivity index (χ0) is 21.5. The minimum Gasteiger partial charge on any atom is -0.356 e. The van der Waals surface area contributed by atoms with Crippen LogP contribution in [0.3, 0.4) is 0 Å². The summed E-state index contributed by atoms with van der Waals surface area (Å²) < 4.78 is 0. The fourth-order valence-corrected chi connectivity index (χ4v) is 5.33. The molecule has 1 unspecified atom stereocenters. The second-order valence-corrected chi connectivity index (χ2v) is 9.26. The van der Waals surface area contributed by atoms with Crippen LogP contribution in [0.2, 0.25) is 0 Å². The first-order valence-electron chi connectivity index (χ1n) is 11.3. The average Bonchev–Trinajstić information content (AvgIpc) is 3.56. The number of hydrogen-bond donors (Lipinski definition) is 2. The lowest BCUT2D eigenvalue weighted by Crippen LogP contribution is -2.42. The minimum atomic E-state index is 0. The largest absolute Gasteiger partial charge is 0.356 e. The van der Waals surface area contributed by atoms with Crippen molar-refractivity contribution in [1.82, 2.24) is 20.4 Å². The number of likely N-dealkylation sites (tertiary alicyclic amines) is 1. The standard InChI is InChI=1S/C24H33N5OS.HI/c1-25-24(27-16-21(22-10-7-15-31-22)28-13-4-5-14-28)26-12-6-11-23(30)29-17-19-8-2-3-9-20(19)18-29;/h2-3,7-10,15,21H,4-6,11-14,16-18H2,1H3,(H2,25,26,27);1H. The van der Waals surface area contributed by atoms with Crippen LogP contribution in [-0.2, 0) is 17.9 Å². The average molecular weight is 568 g/mol. The third-order valence-corrected chi connectivity index (χ3v) is 7.17. The summed E-state index contributed by atoms with van der Waals surface area (Å²) in [5, 5.41) is 9.03. The van der Waals surface area contributed by atoms with E-state index in [-0.39, 0.29) is 29.9 Å². The Balaban J connectivity index is 0.00000289. The van der Waals surface area contributed by atoms with Gasteiger partial charge in [0.2, 0.25) is 5.91 Å². The van der Waals surface area contributed by atoms with E-state index >= 15 is 0 Å². The monoisotopic (exact) mass is 567 g/mol. The molecule has 0 radical (unpaired) electrons. The number of carbonyl (C=O) groups excluding carboxylic acids is 1. The Morgan fingerprint density at radius 3 is 2.44 bits per heavy atom. The third-order valence-electron chi connectivity index (χ3n) is 6.19. The van der Waals surface area contributed by atoms with E-state index in [9.17, 15) is 4.79 Å². The maximum Gasteiger partial charge on any atom is 0.223 e. The van der Waals surface area contributed by atoms with Gasteiger partial charge in [-0.25, -0.2) is 0 Å². The molecule has 8 heteroatoms. The van der Waals surface area contributed by atoms with Gasteiger partial charge in [-0.05, 0) is 54.9 Å². The topological polar surface area (TPSA) is 60.0 Å². The van der Waals surface area contributed by atoms with E-state index in [2.05, 4.69) is 50.2 Å². The van der Waals surface area contributed by atoms with Gasteiger partial charge in [0.15, 0.2) is 5.96 Å². The van der Waals surface area contributed by atoms with Crippen LogP contribution in [0.15, 0.2) is 46.8 Å². The molecule has 1 aromatic heterocycles. The summed E-state index contributed by atoms with van der Waals surface area (Å²) in [5.74, 6) is 1.04. The van der Waals surface area contributed by atoms with Crippen molar-refractivity contribution in [2.24, 2.45) is 4.99 Å². The molecule has 0 saturated carbocycles. The maximum atomic E-state index is 12.6. The second kappa shape index (κ2) is 12.6. The molecular formula is C24H34IN5OS. The van der Waals surface area contributed by atoms with Crippen molar-refractivity contribution in [1.29, 1.82) is 0 Å². The summed E-state index contributed by atoms with van der Waals surface area (Å²) >= 11 is 1.83. The number of thiophene rings is 1. The van der Waals surface area contributed by atoms with E-state index < -0.39 is 0 Å². The number of benzene rings is 1. The van der Waals surface area contributed by atoms with Crippen LogP contribution in [0.1, 0.15) is 47.7 Å². The zero-order valence-electron chi connectivity index (χ0n) is 18.8. The van der Waals surface area contributed by atoms with Crippen LogP contribution in [0.25, 0.3) is 0 Å². The number of aliphatic imine (C=N–C) groups is 1. The normalized spacial score (nSPS) is 17.0. The number of carbonyl (C=O) groups is 1. The highest BCUT2D eigenvalue weighted by atomic mass is 127. The number of guanidine groups is 1. The maximum absolute atomic E-state index is 12.6. The summed E-state index contributed by atoms with van der Waals surface area (Å²) in [6.07, 6.45) is 3.92. The minimum absolute atomic E-state index is 0. The molecule has 0 bridgehead atoms. The van der Waals surface area contributed by atoms with Crippen LogP contribution in [-0.4, -0.2) is 54.9 Å². The van der Waals surface area contributed by atoms with Crippen molar-refractivity contribution in [3.8, 4) is 0 Å². The van der Waals surface area contributed by atoms with Gasteiger partial charge in [-0.1, -0.05) is 30.3 Å². The third kappa shape index (κ3) is 6.45. The first-order chi connectivity index (χ1) is 15.2. The van der Waals surface area contributed by atoms with Gasteiger partial charge in [0.05, 0.1) is 6.04 Å². The summed E-state index contributed by atoms with van der Waals surface area (Å²) in [5.41, 5.74) is 2.55. The van der Waals surface area contributed by atoms with Gasteiger partial charge in [0.25, 0.3) is 0 Å². The summed E-state index contributed by atoms with van der Waals surface area (Å²) in [7, 11) is 1.80. The Labute approximate surface area is 212 Å². The van der Waals surface area contributed by atoms with Gasteiger partial charge < -0.3 is 15.5 Å². The van der Waals surface area contributed by atoms with Crippen LogP contribution >= 0.6 is 35.3 Å². The molecule has 1 amide bonds. The first-order valence-corrected chi connectivity index (χ1v) is 12.2. The van der Waals surface area contributed by atoms with Crippen molar-refractivity contribution < 1.29 is 4.79 Å². The van der Waals surface area contributed by atoms with Crippen LogP contribution < -0.4 is 10.6 Å². The molecule has 2 aliphatic rings. The Hall–Kier alpha value is -1.65. The molecule has 174 valence electrons. The predicted octanol–water partition coefficient (Wildman–Crippen LogP) is 3.99. The van der Waals surface area contributed by atoms with Gasteiger partial charge in [-0.3, -0.25) is 14.7 Å². The van der Waals surface area contributed by atoms with Crippen molar-refractivity contribution in [2.45, 2.75) is 44.8 Å². The lowest BCUT2D eigenvalue weighted by Gasteiger charge is -2.27. The molecule has 1 atom stereocenters. The molecular weight excluding hydrogens is 533 g/mol. The van der Waals surface area contributed by atoms with Gasteiger partial charge in [0, 0.05) is 44.5 Å². The molecule has 1 saturated heterocycles. The number of halogens is 1. The van der Waals surface area contributed by atoms with Crippen LogP contribution in [0, 0.1) is 0 Å². The van der Waals surface area contributed by atoms with Crippen molar-refractivity contribution in [2.75, 3.05) is 33.2 Å². The number of rotatable bonds is 8. The van der Waals surface area contributed by atoms with Gasteiger partial charge in [0.1, 0.15) is 0 Å². The Morgan fingerprint density at radius 1 is 1.09 bits per heavy atom. The second-order valence-electron chi connectivity index (χ2n) is 8.28. The number of hydrogen-bond acceptors (Lipinski definition) is 4. The fraction of sp³-hybridized carbons (Fsp3) is 0.500. The van der Waals surface area contributed by atoms with Crippen LogP contribution in [0.5, 0.6) is 0 Å². The molecule has 2 aromatic rings. The number of nitrogens with one attached hydrogen (secondary N) is 2. The molecule has 4 rings (SSSR count).